The zero-order chi connectivity index (χ0) is 15.6. The Kier molecular flexibility index (Phi) is 4.04. The molecule has 2 rings (SSSR count). The molecule has 0 aliphatic carbocycles. The Morgan fingerprint density at radius 1 is 1.19 bits per heavy atom. The number of halogens is 1. The Labute approximate surface area is 122 Å². The highest BCUT2D eigenvalue weighted by molar-refractivity contribution is 7.92. The molecule has 0 fully saturated rings. The number of methoxy groups -OCH3 is 1. The summed E-state index contributed by atoms with van der Waals surface area (Å²) in [7, 11) is -1.23. The zero-order valence-electron chi connectivity index (χ0n) is 11.6. The Morgan fingerprint density at radius 3 is 2.57 bits per heavy atom. The van der Waals surface area contributed by atoms with Crippen LogP contribution in [0.1, 0.15) is 0 Å². The van der Waals surface area contributed by atoms with Crippen molar-refractivity contribution in [1.29, 1.82) is 0 Å². The molecule has 0 aliphatic rings. The monoisotopic (exact) mass is 310 g/mol. The van der Waals surface area contributed by atoms with Crippen molar-refractivity contribution >= 4 is 21.4 Å². The van der Waals surface area contributed by atoms with Gasteiger partial charge in [0.25, 0.3) is 10.0 Å². The van der Waals surface area contributed by atoms with Crippen LogP contribution in [0.25, 0.3) is 0 Å². The summed E-state index contributed by atoms with van der Waals surface area (Å²) >= 11 is 0. The van der Waals surface area contributed by atoms with Crippen molar-refractivity contribution in [2.45, 2.75) is 4.90 Å². The summed E-state index contributed by atoms with van der Waals surface area (Å²) in [6, 6.07) is 9.90. The summed E-state index contributed by atoms with van der Waals surface area (Å²) in [6.07, 6.45) is 0. The van der Waals surface area contributed by atoms with E-state index in [4.69, 9.17) is 10.5 Å². The highest BCUT2D eigenvalue weighted by Crippen LogP contribution is 2.27. The second-order valence-corrected chi connectivity index (χ2v) is 6.30. The van der Waals surface area contributed by atoms with Gasteiger partial charge in [0.15, 0.2) is 0 Å². The van der Waals surface area contributed by atoms with Crippen molar-refractivity contribution in [2.24, 2.45) is 0 Å². The molecule has 2 aromatic rings. The lowest BCUT2D eigenvalue weighted by molar-refractivity contribution is 0.415. The van der Waals surface area contributed by atoms with Gasteiger partial charge in [-0.1, -0.05) is 6.07 Å². The Balaban J connectivity index is 2.49. The summed E-state index contributed by atoms with van der Waals surface area (Å²) in [5.41, 5.74) is 6.07. The number of rotatable bonds is 4. The quantitative estimate of drug-likeness (QED) is 0.879. The number of anilines is 2. The number of hydrogen-bond acceptors (Lipinski definition) is 4. The SMILES string of the molecule is COc1cccc(N(C)S(=O)(=O)c2cc(N)ccc2F)c1. The van der Waals surface area contributed by atoms with E-state index in [0.29, 0.717) is 11.4 Å². The molecule has 0 atom stereocenters. The van der Waals surface area contributed by atoms with Gasteiger partial charge in [-0.2, -0.15) is 0 Å². The fourth-order valence-electron chi connectivity index (χ4n) is 1.81. The van der Waals surface area contributed by atoms with E-state index < -0.39 is 20.7 Å². The number of nitrogens with two attached hydrogens (primary N) is 1. The normalized spacial score (nSPS) is 11.2. The molecule has 2 aromatic carbocycles. The molecule has 0 heterocycles. The first-order chi connectivity index (χ1) is 9.86. The van der Waals surface area contributed by atoms with Crippen LogP contribution in [0.3, 0.4) is 0 Å². The lowest BCUT2D eigenvalue weighted by atomic mass is 10.3. The van der Waals surface area contributed by atoms with Gasteiger partial charge in [0, 0.05) is 18.8 Å². The molecule has 0 radical (unpaired) electrons. The predicted molar refractivity (Wildman–Crippen MR) is 79.4 cm³/mol. The molecule has 0 saturated carbocycles. The van der Waals surface area contributed by atoms with Crippen LogP contribution in [0.4, 0.5) is 15.8 Å². The molecule has 5 nitrogen and oxygen atoms in total. The van der Waals surface area contributed by atoms with Crippen molar-refractivity contribution in [1.82, 2.24) is 0 Å². The predicted octanol–water partition coefficient (Wildman–Crippen LogP) is 2.24. The Bertz CT molecular complexity index is 763. The maximum Gasteiger partial charge on any atom is 0.267 e. The smallest absolute Gasteiger partial charge is 0.267 e. The third-order valence-electron chi connectivity index (χ3n) is 3.01. The Morgan fingerprint density at radius 2 is 1.90 bits per heavy atom. The van der Waals surface area contributed by atoms with Gasteiger partial charge in [-0.05, 0) is 30.3 Å². The number of benzene rings is 2. The molecule has 0 unspecified atom stereocenters. The molecule has 0 bridgehead atoms. The standard InChI is InChI=1S/C14H15FN2O3S/c1-17(11-4-3-5-12(9-11)20-2)21(18,19)14-8-10(16)6-7-13(14)15/h3-9H,16H2,1-2H3. The van der Waals surface area contributed by atoms with E-state index in [1.807, 2.05) is 0 Å². The molecule has 112 valence electrons. The van der Waals surface area contributed by atoms with E-state index in [9.17, 15) is 12.8 Å². The third-order valence-corrected chi connectivity index (χ3v) is 4.81. The van der Waals surface area contributed by atoms with Crippen molar-refractivity contribution in [2.75, 3.05) is 24.2 Å². The first kappa shape index (κ1) is 15.1. The largest absolute Gasteiger partial charge is 0.497 e. The maximum atomic E-state index is 13.8. The molecule has 2 N–H and O–H groups in total. The zero-order valence-corrected chi connectivity index (χ0v) is 12.4. The van der Waals surface area contributed by atoms with E-state index in [1.54, 1.807) is 24.3 Å². The van der Waals surface area contributed by atoms with Crippen LogP contribution in [0.5, 0.6) is 5.75 Å². The Hall–Kier alpha value is -2.28. The first-order valence-corrected chi connectivity index (χ1v) is 7.48. The average Bonchev–Trinajstić information content (AvgIpc) is 2.48. The van der Waals surface area contributed by atoms with Crippen LogP contribution < -0.4 is 14.8 Å². The second-order valence-electron chi connectivity index (χ2n) is 4.36. The van der Waals surface area contributed by atoms with Crippen molar-refractivity contribution in [3.05, 3.63) is 48.3 Å². The minimum absolute atomic E-state index is 0.175. The molecular formula is C14H15FN2O3S. The van der Waals surface area contributed by atoms with Crippen LogP contribution in [0.15, 0.2) is 47.4 Å². The number of sulfonamides is 1. The number of ether oxygens (including phenoxy) is 1. The topological polar surface area (TPSA) is 72.6 Å². The summed E-state index contributed by atoms with van der Waals surface area (Å²) in [4.78, 5) is -0.465. The average molecular weight is 310 g/mol. The van der Waals surface area contributed by atoms with Gasteiger partial charge >= 0.3 is 0 Å². The molecule has 0 saturated heterocycles. The minimum atomic E-state index is -4.05. The van der Waals surface area contributed by atoms with Crippen LogP contribution in [0.2, 0.25) is 0 Å². The molecule has 7 heteroatoms. The van der Waals surface area contributed by atoms with E-state index in [1.165, 1.54) is 20.2 Å². The van der Waals surface area contributed by atoms with Crippen molar-refractivity contribution in [3.63, 3.8) is 0 Å². The van der Waals surface area contributed by atoms with Gasteiger partial charge in [0.2, 0.25) is 0 Å². The van der Waals surface area contributed by atoms with Crippen molar-refractivity contribution in [3.8, 4) is 5.75 Å². The molecule has 0 aliphatic heterocycles. The van der Waals surface area contributed by atoms with E-state index in [0.717, 1.165) is 16.4 Å². The summed E-state index contributed by atoms with van der Waals surface area (Å²) in [5, 5.41) is 0. The number of hydrogen-bond donors (Lipinski definition) is 1. The molecule has 0 amide bonds. The van der Waals surface area contributed by atoms with Crippen LogP contribution >= 0.6 is 0 Å². The van der Waals surface area contributed by atoms with Gasteiger partial charge in [0.1, 0.15) is 16.5 Å². The highest BCUT2D eigenvalue weighted by Gasteiger charge is 2.25. The van der Waals surface area contributed by atoms with Crippen molar-refractivity contribution < 1.29 is 17.5 Å². The maximum absolute atomic E-state index is 13.8. The molecule has 0 aromatic heterocycles. The lowest BCUT2D eigenvalue weighted by Crippen LogP contribution is -2.27. The molecular weight excluding hydrogens is 295 g/mol. The fraction of sp³-hybridized carbons (Fsp3) is 0.143. The first-order valence-electron chi connectivity index (χ1n) is 6.04. The fourth-order valence-corrected chi connectivity index (χ4v) is 3.10. The van der Waals surface area contributed by atoms with Crippen LogP contribution in [-0.4, -0.2) is 22.6 Å². The molecule has 0 spiro atoms. The number of nitrogens with zero attached hydrogens (tertiary/aromatic N) is 1. The van der Waals surface area contributed by atoms with Gasteiger partial charge in [-0.25, -0.2) is 12.8 Å². The van der Waals surface area contributed by atoms with Crippen LogP contribution in [0, 0.1) is 5.82 Å². The van der Waals surface area contributed by atoms with Gasteiger partial charge in [0.05, 0.1) is 12.8 Å². The van der Waals surface area contributed by atoms with Crippen LogP contribution in [-0.2, 0) is 10.0 Å². The third kappa shape index (κ3) is 2.92. The van der Waals surface area contributed by atoms with E-state index in [2.05, 4.69) is 0 Å². The van der Waals surface area contributed by atoms with E-state index in [-0.39, 0.29) is 5.69 Å². The van der Waals surface area contributed by atoms with Gasteiger partial charge in [-0.3, -0.25) is 4.31 Å². The minimum Gasteiger partial charge on any atom is -0.497 e. The second kappa shape index (κ2) is 5.61. The summed E-state index contributed by atoms with van der Waals surface area (Å²) < 4.78 is 44.8. The van der Waals surface area contributed by atoms with E-state index >= 15 is 0 Å². The van der Waals surface area contributed by atoms with Gasteiger partial charge < -0.3 is 10.5 Å². The van der Waals surface area contributed by atoms with Gasteiger partial charge in [-0.15, -0.1) is 0 Å². The highest BCUT2D eigenvalue weighted by atomic mass is 32.2. The summed E-state index contributed by atoms with van der Waals surface area (Å²) in [5.74, 6) is -0.346. The lowest BCUT2D eigenvalue weighted by Gasteiger charge is -2.20. The summed E-state index contributed by atoms with van der Waals surface area (Å²) in [6.45, 7) is 0. The molecule has 21 heavy (non-hydrogen) atoms. The number of nitrogen functional groups attached to an aromatic ring is 1.